The van der Waals surface area contributed by atoms with Crippen LogP contribution in [0.15, 0.2) is 29.4 Å². The molecule has 0 radical (unpaired) electrons. The summed E-state index contributed by atoms with van der Waals surface area (Å²) in [5.74, 6) is -5.30. The minimum Gasteiger partial charge on any atom is -0.310 e. The highest BCUT2D eigenvalue weighted by Gasteiger charge is 2.59. The fourth-order valence-corrected chi connectivity index (χ4v) is 4.28. The van der Waals surface area contributed by atoms with E-state index in [1.165, 1.54) is 35.5 Å². The average Bonchev–Trinajstić information content (AvgIpc) is 3.35. The fourth-order valence-electron chi connectivity index (χ4n) is 3.22. The molecule has 0 aliphatic heterocycles. The lowest BCUT2D eigenvalue weighted by atomic mass is 10.1. The van der Waals surface area contributed by atoms with E-state index < -0.39 is 27.5 Å². The first-order chi connectivity index (χ1) is 15.8. The highest BCUT2D eigenvalue weighted by atomic mass is 32.2. The molecule has 180 valence electrons. The first-order valence-electron chi connectivity index (χ1n) is 9.51. The van der Waals surface area contributed by atoms with Crippen molar-refractivity contribution in [2.45, 2.75) is 23.9 Å². The third kappa shape index (κ3) is 3.66. The monoisotopic (exact) mass is 502 g/mol. The van der Waals surface area contributed by atoms with Gasteiger partial charge in [-0.25, -0.2) is 23.1 Å². The van der Waals surface area contributed by atoms with E-state index in [0.29, 0.717) is 12.3 Å². The molecule has 0 saturated carbocycles. The van der Waals surface area contributed by atoms with Crippen LogP contribution < -0.4 is 0 Å². The molecule has 0 spiro atoms. The summed E-state index contributed by atoms with van der Waals surface area (Å²) >= 11 is 0. The standard InChI is InChI=1S/C18H15F5N8O2S/c1-4-34(32,33)12-5-9(14-27-28-29-31(14)3)7-24-13(12)16-26-11-6-10(8-25-15(11)30(16)2)17(19,20)18(21,22)23/h5-8H,4H2,1-3H3. The molecule has 34 heavy (non-hydrogen) atoms. The maximum atomic E-state index is 13.8. The van der Waals surface area contributed by atoms with Crippen molar-refractivity contribution in [3.05, 3.63) is 30.1 Å². The minimum atomic E-state index is -5.82. The van der Waals surface area contributed by atoms with Crippen LogP contribution in [0.3, 0.4) is 0 Å². The minimum absolute atomic E-state index is 0.0417. The quantitative estimate of drug-likeness (QED) is 0.382. The molecule has 0 aliphatic carbocycles. The Kier molecular flexibility index (Phi) is 5.38. The van der Waals surface area contributed by atoms with Gasteiger partial charge in [0, 0.05) is 32.1 Å². The normalized spacial score (nSPS) is 13.1. The van der Waals surface area contributed by atoms with Crippen molar-refractivity contribution in [2.75, 3.05) is 5.75 Å². The van der Waals surface area contributed by atoms with Crippen molar-refractivity contribution in [1.82, 2.24) is 39.7 Å². The van der Waals surface area contributed by atoms with Crippen LogP contribution in [0.4, 0.5) is 22.0 Å². The van der Waals surface area contributed by atoms with Gasteiger partial charge in [0.25, 0.3) is 0 Å². The van der Waals surface area contributed by atoms with E-state index in [1.807, 2.05) is 0 Å². The summed E-state index contributed by atoms with van der Waals surface area (Å²) < 4.78 is 94.2. The highest BCUT2D eigenvalue weighted by Crippen LogP contribution is 2.44. The maximum absolute atomic E-state index is 13.8. The number of tetrazole rings is 1. The first kappa shape index (κ1) is 23.6. The van der Waals surface area contributed by atoms with Gasteiger partial charge in [0.1, 0.15) is 11.2 Å². The molecule has 0 atom stereocenters. The summed E-state index contributed by atoms with van der Waals surface area (Å²) in [5, 5.41) is 11.0. The van der Waals surface area contributed by atoms with Crippen LogP contribution in [0.2, 0.25) is 0 Å². The molecule has 16 heteroatoms. The van der Waals surface area contributed by atoms with Crippen molar-refractivity contribution < 1.29 is 30.4 Å². The molecule has 0 fully saturated rings. The molecular weight excluding hydrogens is 487 g/mol. The molecule has 4 aromatic heterocycles. The van der Waals surface area contributed by atoms with E-state index in [9.17, 15) is 30.4 Å². The predicted octanol–water partition coefficient (Wildman–Crippen LogP) is 2.67. The average molecular weight is 502 g/mol. The van der Waals surface area contributed by atoms with Crippen LogP contribution in [-0.2, 0) is 29.9 Å². The second-order valence-corrected chi connectivity index (χ2v) is 9.48. The molecule has 0 unspecified atom stereocenters. The maximum Gasteiger partial charge on any atom is 0.458 e. The Balaban J connectivity index is 1.93. The lowest BCUT2D eigenvalue weighted by Gasteiger charge is -2.19. The zero-order valence-electron chi connectivity index (χ0n) is 17.7. The van der Waals surface area contributed by atoms with Crippen LogP contribution >= 0.6 is 0 Å². The van der Waals surface area contributed by atoms with E-state index >= 15 is 0 Å². The number of nitrogens with zero attached hydrogens (tertiary/aromatic N) is 8. The highest BCUT2D eigenvalue weighted by molar-refractivity contribution is 7.91. The van der Waals surface area contributed by atoms with Crippen LogP contribution in [0.25, 0.3) is 34.1 Å². The van der Waals surface area contributed by atoms with E-state index in [2.05, 4.69) is 30.5 Å². The number of fused-ring (bicyclic) bond motifs is 1. The molecule has 0 N–H and O–H groups in total. The SMILES string of the molecule is CCS(=O)(=O)c1cc(-c2nnnn2C)cnc1-c1nc2cc(C(F)(F)C(F)(F)F)cnc2n1C. The second kappa shape index (κ2) is 7.75. The Hall–Kier alpha value is -3.56. The van der Waals surface area contributed by atoms with Gasteiger partial charge < -0.3 is 4.57 Å². The zero-order chi connectivity index (χ0) is 25.1. The van der Waals surface area contributed by atoms with Gasteiger partial charge in [-0.15, -0.1) is 5.10 Å². The van der Waals surface area contributed by atoms with Gasteiger partial charge in [-0.05, 0) is 22.6 Å². The number of sulfone groups is 1. The number of aromatic nitrogens is 8. The van der Waals surface area contributed by atoms with Crippen molar-refractivity contribution in [3.8, 4) is 22.9 Å². The predicted molar refractivity (Wildman–Crippen MR) is 107 cm³/mol. The molecule has 4 aromatic rings. The number of rotatable bonds is 5. The van der Waals surface area contributed by atoms with Crippen LogP contribution in [0.5, 0.6) is 0 Å². The fraction of sp³-hybridized carbons (Fsp3) is 0.333. The van der Waals surface area contributed by atoms with Crippen molar-refractivity contribution in [1.29, 1.82) is 0 Å². The van der Waals surface area contributed by atoms with Gasteiger partial charge in [-0.2, -0.15) is 22.0 Å². The van der Waals surface area contributed by atoms with E-state index in [0.717, 1.165) is 0 Å². The number of imidazole rings is 1. The summed E-state index contributed by atoms with van der Waals surface area (Å²) in [7, 11) is -0.940. The molecule has 0 aliphatic rings. The van der Waals surface area contributed by atoms with E-state index in [-0.39, 0.29) is 44.7 Å². The topological polar surface area (TPSA) is 121 Å². The van der Waals surface area contributed by atoms with Crippen molar-refractivity contribution >= 4 is 21.0 Å². The molecule has 0 bridgehead atoms. The van der Waals surface area contributed by atoms with Crippen molar-refractivity contribution in [3.63, 3.8) is 0 Å². The molecule has 4 rings (SSSR count). The number of hydrogen-bond acceptors (Lipinski definition) is 8. The molecule has 10 nitrogen and oxygen atoms in total. The van der Waals surface area contributed by atoms with Gasteiger partial charge in [0.2, 0.25) is 0 Å². The summed E-state index contributed by atoms with van der Waals surface area (Å²) in [6, 6.07) is 1.86. The van der Waals surface area contributed by atoms with Crippen LogP contribution in [-0.4, -0.2) is 60.1 Å². The van der Waals surface area contributed by atoms with Gasteiger partial charge in [0.15, 0.2) is 27.1 Å². The molecule has 0 saturated heterocycles. The third-order valence-electron chi connectivity index (χ3n) is 5.09. The van der Waals surface area contributed by atoms with Gasteiger partial charge in [0.05, 0.1) is 16.2 Å². The lowest BCUT2D eigenvalue weighted by Crippen LogP contribution is -2.33. The summed E-state index contributed by atoms with van der Waals surface area (Å²) in [4.78, 5) is 11.7. The van der Waals surface area contributed by atoms with Gasteiger partial charge >= 0.3 is 12.1 Å². The van der Waals surface area contributed by atoms with Gasteiger partial charge in [-0.3, -0.25) is 4.98 Å². The second-order valence-electron chi connectivity index (χ2n) is 7.23. The van der Waals surface area contributed by atoms with Crippen molar-refractivity contribution in [2.24, 2.45) is 14.1 Å². The number of halogens is 5. The summed E-state index contributed by atoms with van der Waals surface area (Å²) in [6.07, 6.45) is -4.12. The number of alkyl halides is 5. The van der Waals surface area contributed by atoms with E-state index in [4.69, 9.17) is 0 Å². The molecule has 0 aromatic carbocycles. The number of aryl methyl sites for hydroxylation is 2. The zero-order valence-corrected chi connectivity index (χ0v) is 18.5. The Bertz CT molecular complexity index is 1510. The molecule has 0 amide bonds. The smallest absolute Gasteiger partial charge is 0.310 e. The number of pyridine rings is 2. The Morgan fingerprint density at radius 2 is 1.71 bits per heavy atom. The Morgan fingerprint density at radius 3 is 2.29 bits per heavy atom. The number of hydrogen-bond donors (Lipinski definition) is 0. The lowest BCUT2D eigenvalue weighted by molar-refractivity contribution is -0.289. The third-order valence-corrected chi connectivity index (χ3v) is 6.83. The van der Waals surface area contributed by atoms with Crippen LogP contribution in [0.1, 0.15) is 12.5 Å². The summed E-state index contributed by atoms with van der Waals surface area (Å²) in [6.45, 7) is 1.41. The van der Waals surface area contributed by atoms with Crippen LogP contribution in [0, 0.1) is 0 Å². The largest absolute Gasteiger partial charge is 0.458 e. The summed E-state index contributed by atoms with van der Waals surface area (Å²) in [5.41, 5.74) is -1.57. The van der Waals surface area contributed by atoms with E-state index in [1.54, 1.807) is 7.05 Å². The molecule has 4 heterocycles. The molecular formula is C18H15F5N8O2S. The van der Waals surface area contributed by atoms with Gasteiger partial charge in [-0.1, -0.05) is 6.92 Å². The first-order valence-corrected chi connectivity index (χ1v) is 11.2. The Labute approximate surface area is 188 Å². The Morgan fingerprint density at radius 1 is 1.00 bits per heavy atom.